The molecule has 2 rings (SSSR count). The van der Waals surface area contributed by atoms with E-state index in [4.69, 9.17) is 16.3 Å². The van der Waals surface area contributed by atoms with Gasteiger partial charge in [-0.3, -0.25) is 0 Å². The molecule has 0 amide bonds. The van der Waals surface area contributed by atoms with Crippen molar-refractivity contribution in [3.63, 3.8) is 0 Å². The number of hydrogen-bond donors (Lipinski definition) is 1. The number of hydrogen-bond acceptors (Lipinski definition) is 3. The highest BCUT2D eigenvalue weighted by atomic mass is 35.5. The minimum atomic E-state index is -4.27. The molecule has 7 heteroatoms. The first kappa shape index (κ1) is 15.1. The monoisotopic (exact) mass is 321 g/mol. The summed E-state index contributed by atoms with van der Waals surface area (Å²) in [6.07, 6.45) is 6.60. The lowest BCUT2D eigenvalue weighted by Crippen LogP contribution is -2.40. The summed E-state index contributed by atoms with van der Waals surface area (Å²) in [7, 11) is 0. The van der Waals surface area contributed by atoms with E-state index >= 15 is 0 Å². The normalized spacial score (nSPS) is 22.0. The van der Waals surface area contributed by atoms with Crippen molar-refractivity contribution in [3.8, 4) is 0 Å². The van der Waals surface area contributed by atoms with Crippen LogP contribution in [0.15, 0.2) is 47.7 Å². The zero-order chi connectivity index (χ0) is 14.6. The van der Waals surface area contributed by atoms with Crippen LogP contribution in [0.4, 0.5) is 13.2 Å². The fraction of sp³-hybridized carbons (Fsp3) is 0.231. The molecule has 1 atom stereocenters. The van der Waals surface area contributed by atoms with Gasteiger partial charge in [0.2, 0.25) is 5.72 Å². The van der Waals surface area contributed by atoms with Crippen LogP contribution in [0.1, 0.15) is 5.56 Å². The second kappa shape index (κ2) is 6.01. The van der Waals surface area contributed by atoms with Gasteiger partial charge in [-0.1, -0.05) is 18.2 Å². The molecule has 1 aromatic carbocycles. The van der Waals surface area contributed by atoms with Gasteiger partial charge in [0.15, 0.2) is 0 Å². The van der Waals surface area contributed by atoms with E-state index in [9.17, 15) is 13.2 Å². The van der Waals surface area contributed by atoms with Crippen molar-refractivity contribution < 1.29 is 17.9 Å². The smallest absolute Gasteiger partial charge is 0.446 e. The van der Waals surface area contributed by atoms with Crippen LogP contribution in [0, 0.1) is 0 Å². The maximum absolute atomic E-state index is 12.2. The molecule has 1 unspecified atom stereocenters. The zero-order valence-corrected chi connectivity index (χ0v) is 11.7. The number of alkyl halides is 4. The Balaban J connectivity index is 2.03. The first-order valence-electron chi connectivity index (χ1n) is 5.64. The SMILES string of the molecule is FC(F)(F)Sc1ccc(/C=C/C2(CCl)NC=CO2)cc1. The van der Waals surface area contributed by atoms with Gasteiger partial charge in [0.1, 0.15) is 6.26 Å². The Morgan fingerprint density at radius 2 is 2.00 bits per heavy atom. The average Bonchev–Trinajstić information content (AvgIpc) is 2.86. The molecule has 0 bridgehead atoms. The fourth-order valence-corrected chi connectivity index (χ4v) is 2.35. The highest BCUT2D eigenvalue weighted by Gasteiger charge is 2.29. The Labute approximate surface area is 123 Å². The van der Waals surface area contributed by atoms with Crippen LogP contribution >= 0.6 is 23.4 Å². The van der Waals surface area contributed by atoms with Crippen LogP contribution in [-0.2, 0) is 4.74 Å². The molecule has 1 aliphatic heterocycles. The summed E-state index contributed by atoms with van der Waals surface area (Å²) in [6.45, 7) is 0. The van der Waals surface area contributed by atoms with E-state index in [1.165, 1.54) is 18.4 Å². The number of benzene rings is 1. The second-order valence-electron chi connectivity index (χ2n) is 4.04. The van der Waals surface area contributed by atoms with Crippen LogP contribution in [0.25, 0.3) is 6.08 Å². The van der Waals surface area contributed by atoms with Crippen molar-refractivity contribution >= 4 is 29.4 Å². The average molecular weight is 322 g/mol. The molecule has 1 aliphatic rings. The molecule has 0 fully saturated rings. The molecule has 0 saturated heterocycles. The van der Waals surface area contributed by atoms with E-state index in [0.717, 1.165) is 5.56 Å². The first-order chi connectivity index (χ1) is 9.42. The molecule has 1 N–H and O–H groups in total. The molecule has 0 radical (unpaired) electrons. The maximum atomic E-state index is 12.2. The third-order valence-electron chi connectivity index (χ3n) is 2.53. The maximum Gasteiger partial charge on any atom is 0.446 e. The van der Waals surface area contributed by atoms with Crippen molar-refractivity contribution in [2.45, 2.75) is 16.1 Å². The summed E-state index contributed by atoms with van der Waals surface area (Å²) in [6, 6.07) is 6.06. The van der Waals surface area contributed by atoms with Gasteiger partial charge in [0.25, 0.3) is 0 Å². The molecule has 20 heavy (non-hydrogen) atoms. The Morgan fingerprint density at radius 3 is 2.50 bits per heavy atom. The molecule has 0 aromatic heterocycles. The minimum absolute atomic E-state index is 0.136. The topological polar surface area (TPSA) is 21.3 Å². The molecular weight excluding hydrogens is 311 g/mol. The van der Waals surface area contributed by atoms with Crippen LogP contribution in [0.2, 0.25) is 0 Å². The summed E-state index contributed by atoms with van der Waals surface area (Å²) in [4.78, 5) is 0.151. The Kier molecular flexibility index (Phi) is 4.55. The van der Waals surface area contributed by atoms with Crippen LogP contribution in [0.3, 0.4) is 0 Å². The zero-order valence-electron chi connectivity index (χ0n) is 10.2. The van der Waals surface area contributed by atoms with E-state index in [0.29, 0.717) is 0 Å². The highest BCUT2D eigenvalue weighted by Crippen LogP contribution is 2.36. The van der Waals surface area contributed by atoms with E-state index in [1.54, 1.807) is 30.5 Å². The van der Waals surface area contributed by atoms with E-state index in [1.807, 2.05) is 0 Å². The third kappa shape index (κ3) is 4.11. The summed E-state index contributed by atoms with van der Waals surface area (Å²) in [5.41, 5.74) is -4.30. The quantitative estimate of drug-likeness (QED) is 0.658. The predicted octanol–water partition coefficient (Wildman–Crippen LogP) is 4.34. The van der Waals surface area contributed by atoms with Crippen molar-refractivity contribution in [2.24, 2.45) is 0 Å². The number of thioether (sulfide) groups is 1. The van der Waals surface area contributed by atoms with Gasteiger partial charge in [-0.05, 0) is 35.5 Å². The molecule has 108 valence electrons. The number of nitrogens with one attached hydrogen (secondary N) is 1. The van der Waals surface area contributed by atoms with E-state index in [-0.39, 0.29) is 22.5 Å². The lowest BCUT2D eigenvalue weighted by molar-refractivity contribution is -0.0328. The van der Waals surface area contributed by atoms with Crippen molar-refractivity contribution in [3.05, 3.63) is 48.4 Å². The second-order valence-corrected chi connectivity index (χ2v) is 5.44. The fourth-order valence-electron chi connectivity index (χ4n) is 1.58. The van der Waals surface area contributed by atoms with Gasteiger partial charge in [-0.2, -0.15) is 13.2 Å². The van der Waals surface area contributed by atoms with Crippen LogP contribution in [-0.4, -0.2) is 17.1 Å². The van der Waals surface area contributed by atoms with E-state index in [2.05, 4.69) is 5.32 Å². The van der Waals surface area contributed by atoms with Crippen LogP contribution < -0.4 is 5.32 Å². The third-order valence-corrected chi connectivity index (χ3v) is 3.67. The molecule has 2 nitrogen and oxygen atoms in total. The molecular formula is C13H11ClF3NOS. The summed E-state index contributed by atoms with van der Waals surface area (Å²) >= 11 is 5.69. The first-order valence-corrected chi connectivity index (χ1v) is 6.99. The minimum Gasteiger partial charge on any atom is -0.469 e. The molecule has 0 spiro atoms. The number of halogens is 4. The van der Waals surface area contributed by atoms with Crippen molar-refractivity contribution in [1.82, 2.24) is 5.32 Å². The molecule has 0 aliphatic carbocycles. The summed E-state index contributed by atoms with van der Waals surface area (Å²) in [5, 5.41) is 2.96. The van der Waals surface area contributed by atoms with Crippen molar-refractivity contribution in [1.29, 1.82) is 0 Å². The molecule has 1 heterocycles. The summed E-state index contributed by atoms with van der Waals surface area (Å²) in [5.74, 6) is 0.207. The van der Waals surface area contributed by atoms with Gasteiger partial charge < -0.3 is 10.1 Å². The molecule has 1 aromatic rings. The van der Waals surface area contributed by atoms with E-state index < -0.39 is 11.2 Å². The van der Waals surface area contributed by atoms with Gasteiger partial charge in [0.05, 0.1) is 5.88 Å². The lowest BCUT2D eigenvalue weighted by atomic mass is 10.1. The number of ether oxygens (including phenoxy) is 1. The van der Waals surface area contributed by atoms with Gasteiger partial charge in [0, 0.05) is 11.1 Å². The van der Waals surface area contributed by atoms with Gasteiger partial charge in [-0.15, -0.1) is 11.6 Å². The van der Waals surface area contributed by atoms with Gasteiger partial charge >= 0.3 is 5.51 Å². The number of rotatable bonds is 4. The molecule has 0 saturated carbocycles. The lowest BCUT2D eigenvalue weighted by Gasteiger charge is -2.22. The van der Waals surface area contributed by atoms with Crippen molar-refractivity contribution in [2.75, 3.05) is 5.88 Å². The van der Waals surface area contributed by atoms with Gasteiger partial charge in [-0.25, -0.2) is 0 Å². The Hall–Kier alpha value is -1.27. The largest absolute Gasteiger partial charge is 0.469 e. The standard InChI is InChI=1S/C13H11ClF3NOS/c14-9-12(18-7-8-19-12)6-5-10-1-3-11(4-2-10)20-13(15,16)17/h1-8,18H,9H2/b6-5+. The predicted molar refractivity (Wildman–Crippen MR) is 74.2 cm³/mol. The summed E-state index contributed by atoms with van der Waals surface area (Å²) < 4.78 is 41.9. The Morgan fingerprint density at radius 1 is 1.30 bits per heavy atom. The Bertz CT molecular complexity index is 505. The van der Waals surface area contributed by atoms with Crippen LogP contribution in [0.5, 0.6) is 0 Å². The highest BCUT2D eigenvalue weighted by molar-refractivity contribution is 8.00.